The van der Waals surface area contributed by atoms with Crippen LogP contribution in [-0.4, -0.2) is 35.7 Å². The quantitative estimate of drug-likeness (QED) is 0.914. The van der Waals surface area contributed by atoms with Crippen LogP contribution in [0.1, 0.15) is 18.5 Å². The molecule has 3 rings (SSSR count). The van der Waals surface area contributed by atoms with Gasteiger partial charge in [-0.2, -0.15) is 0 Å². The molecule has 1 aliphatic heterocycles. The second-order valence-electron chi connectivity index (χ2n) is 4.60. The zero-order chi connectivity index (χ0) is 12.5. The van der Waals surface area contributed by atoms with Crippen LogP contribution < -0.4 is 10.6 Å². The average molecular weight is 266 g/mol. The molecule has 1 fully saturated rings. The van der Waals surface area contributed by atoms with Crippen LogP contribution in [0.4, 0.5) is 5.82 Å². The summed E-state index contributed by atoms with van der Waals surface area (Å²) in [4.78, 5) is 7.99. The number of anilines is 1. The number of fused-ring (bicyclic) bond motifs is 1. The Bertz CT molecular complexity index is 529. The SMILES string of the molecule is CN(c1nc2sccn2c1CN)C1CCOCC1. The van der Waals surface area contributed by atoms with Crippen molar-refractivity contribution in [1.29, 1.82) is 0 Å². The molecule has 1 saturated heterocycles. The van der Waals surface area contributed by atoms with Gasteiger partial charge in [-0.1, -0.05) is 0 Å². The van der Waals surface area contributed by atoms with E-state index in [1.807, 2.05) is 11.6 Å². The third-order valence-corrected chi connectivity index (χ3v) is 4.36. The van der Waals surface area contributed by atoms with E-state index < -0.39 is 0 Å². The monoisotopic (exact) mass is 266 g/mol. The molecule has 0 aliphatic carbocycles. The van der Waals surface area contributed by atoms with Crippen LogP contribution in [0, 0.1) is 0 Å². The highest BCUT2D eigenvalue weighted by molar-refractivity contribution is 7.15. The fraction of sp³-hybridized carbons (Fsp3) is 0.583. The lowest BCUT2D eigenvalue weighted by molar-refractivity contribution is 0.0853. The highest BCUT2D eigenvalue weighted by Gasteiger charge is 2.23. The van der Waals surface area contributed by atoms with Crippen molar-refractivity contribution in [2.75, 3.05) is 25.2 Å². The summed E-state index contributed by atoms with van der Waals surface area (Å²) in [6.07, 6.45) is 4.16. The molecule has 0 saturated carbocycles. The van der Waals surface area contributed by atoms with Crippen molar-refractivity contribution < 1.29 is 4.74 Å². The molecule has 0 atom stereocenters. The zero-order valence-electron chi connectivity index (χ0n) is 10.5. The third kappa shape index (κ3) is 1.90. The van der Waals surface area contributed by atoms with Crippen molar-refractivity contribution in [3.63, 3.8) is 0 Å². The molecule has 2 N–H and O–H groups in total. The van der Waals surface area contributed by atoms with Gasteiger partial charge >= 0.3 is 0 Å². The van der Waals surface area contributed by atoms with E-state index in [0.717, 1.165) is 42.5 Å². The van der Waals surface area contributed by atoms with E-state index in [2.05, 4.69) is 16.3 Å². The fourth-order valence-electron chi connectivity index (χ4n) is 2.54. The molecule has 18 heavy (non-hydrogen) atoms. The van der Waals surface area contributed by atoms with Crippen LogP contribution >= 0.6 is 11.3 Å². The highest BCUT2D eigenvalue weighted by Crippen LogP contribution is 2.27. The van der Waals surface area contributed by atoms with Crippen LogP contribution in [0.5, 0.6) is 0 Å². The first kappa shape index (κ1) is 12.0. The number of rotatable bonds is 3. The van der Waals surface area contributed by atoms with E-state index in [1.54, 1.807) is 11.3 Å². The summed E-state index contributed by atoms with van der Waals surface area (Å²) in [5.74, 6) is 1.02. The normalized spacial score (nSPS) is 17.4. The van der Waals surface area contributed by atoms with Gasteiger partial charge in [0.25, 0.3) is 0 Å². The van der Waals surface area contributed by atoms with Gasteiger partial charge in [-0.25, -0.2) is 4.98 Å². The van der Waals surface area contributed by atoms with Crippen LogP contribution in [0.2, 0.25) is 0 Å². The highest BCUT2D eigenvalue weighted by atomic mass is 32.1. The smallest absolute Gasteiger partial charge is 0.195 e. The predicted molar refractivity (Wildman–Crippen MR) is 73.2 cm³/mol. The topological polar surface area (TPSA) is 55.8 Å². The number of aromatic nitrogens is 2. The van der Waals surface area contributed by atoms with Crippen LogP contribution in [0.25, 0.3) is 4.96 Å². The molecule has 0 aromatic carbocycles. The Hall–Kier alpha value is -1.11. The minimum atomic E-state index is 0.508. The summed E-state index contributed by atoms with van der Waals surface area (Å²) >= 11 is 1.65. The Kier molecular flexibility index (Phi) is 3.23. The van der Waals surface area contributed by atoms with E-state index in [-0.39, 0.29) is 0 Å². The predicted octanol–water partition coefficient (Wildman–Crippen LogP) is 1.47. The lowest BCUT2D eigenvalue weighted by atomic mass is 10.1. The Balaban J connectivity index is 1.94. The van der Waals surface area contributed by atoms with E-state index >= 15 is 0 Å². The minimum Gasteiger partial charge on any atom is -0.381 e. The van der Waals surface area contributed by atoms with E-state index in [0.29, 0.717) is 12.6 Å². The van der Waals surface area contributed by atoms with Crippen molar-refractivity contribution in [3.8, 4) is 0 Å². The summed E-state index contributed by atoms with van der Waals surface area (Å²) in [6.45, 7) is 2.20. The lowest BCUT2D eigenvalue weighted by Gasteiger charge is -2.31. The average Bonchev–Trinajstić information content (AvgIpc) is 2.98. The largest absolute Gasteiger partial charge is 0.381 e. The van der Waals surface area contributed by atoms with Gasteiger partial charge in [0.05, 0.1) is 5.69 Å². The van der Waals surface area contributed by atoms with Gasteiger partial charge in [0, 0.05) is 44.4 Å². The molecule has 1 aliphatic rings. The number of hydrogen-bond acceptors (Lipinski definition) is 5. The fourth-order valence-corrected chi connectivity index (χ4v) is 3.27. The molecule has 0 unspecified atom stereocenters. The Morgan fingerprint density at radius 3 is 3.06 bits per heavy atom. The molecular weight excluding hydrogens is 248 g/mol. The van der Waals surface area contributed by atoms with Crippen molar-refractivity contribution in [2.24, 2.45) is 5.73 Å². The number of ether oxygens (including phenoxy) is 1. The molecule has 3 heterocycles. The van der Waals surface area contributed by atoms with Gasteiger partial charge in [0.15, 0.2) is 10.8 Å². The maximum Gasteiger partial charge on any atom is 0.195 e. The van der Waals surface area contributed by atoms with Gasteiger partial charge in [-0.3, -0.25) is 4.40 Å². The van der Waals surface area contributed by atoms with Gasteiger partial charge in [-0.15, -0.1) is 11.3 Å². The molecular formula is C12H18N4OS. The van der Waals surface area contributed by atoms with Gasteiger partial charge in [-0.05, 0) is 12.8 Å². The summed E-state index contributed by atoms with van der Waals surface area (Å²) in [7, 11) is 2.11. The molecule has 5 nitrogen and oxygen atoms in total. The number of thiazole rings is 1. The molecule has 0 spiro atoms. The standard InChI is InChI=1S/C12H18N4OS/c1-15(9-2-5-17-6-3-9)11-10(8-13)16-4-7-18-12(16)14-11/h4,7,9H,2-3,5-6,8,13H2,1H3. The molecule has 0 radical (unpaired) electrons. The van der Waals surface area contributed by atoms with Gasteiger partial charge in [0.1, 0.15) is 0 Å². The van der Waals surface area contributed by atoms with E-state index in [1.165, 1.54) is 0 Å². The maximum atomic E-state index is 5.88. The lowest BCUT2D eigenvalue weighted by Crippen LogP contribution is -2.37. The van der Waals surface area contributed by atoms with Crippen LogP contribution in [-0.2, 0) is 11.3 Å². The first-order valence-electron chi connectivity index (χ1n) is 6.26. The summed E-state index contributed by atoms with van der Waals surface area (Å²) in [6, 6.07) is 0.508. The second-order valence-corrected chi connectivity index (χ2v) is 5.47. The molecule has 2 aromatic rings. The molecule has 2 aromatic heterocycles. The number of imidazole rings is 1. The Morgan fingerprint density at radius 1 is 1.56 bits per heavy atom. The third-order valence-electron chi connectivity index (χ3n) is 3.61. The van der Waals surface area contributed by atoms with Gasteiger partial charge in [0.2, 0.25) is 0 Å². The van der Waals surface area contributed by atoms with Crippen molar-refractivity contribution in [1.82, 2.24) is 9.38 Å². The molecule has 0 amide bonds. The van der Waals surface area contributed by atoms with E-state index in [9.17, 15) is 0 Å². The van der Waals surface area contributed by atoms with Crippen LogP contribution in [0.15, 0.2) is 11.6 Å². The minimum absolute atomic E-state index is 0.508. The number of nitrogens with two attached hydrogens (primary N) is 1. The zero-order valence-corrected chi connectivity index (χ0v) is 11.3. The first-order chi connectivity index (χ1) is 8.81. The second kappa shape index (κ2) is 4.87. The van der Waals surface area contributed by atoms with E-state index in [4.69, 9.17) is 15.5 Å². The molecule has 0 bridgehead atoms. The molecule has 6 heteroatoms. The summed E-state index contributed by atoms with van der Waals surface area (Å²) in [5, 5.41) is 2.04. The van der Waals surface area contributed by atoms with Crippen molar-refractivity contribution in [2.45, 2.75) is 25.4 Å². The Morgan fingerprint density at radius 2 is 2.33 bits per heavy atom. The Labute approximate surface area is 110 Å². The van der Waals surface area contributed by atoms with Crippen molar-refractivity contribution in [3.05, 3.63) is 17.3 Å². The maximum absolute atomic E-state index is 5.88. The molecule has 98 valence electrons. The summed E-state index contributed by atoms with van der Waals surface area (Å²) in [5.41, 5.74) is 6.98. The van der Waals surface area contributed by atoms with Gasteiger partial charge < -0.3 is 15.4 Å². The summed E-state index contributed by atoms with van der Waals surface area (Å²) < 4.78 is 7.50. The van der Waals surface area contributed by atoms with Crippen LogP contribution in [0.3, 0.4) is 0 Å². The number of nitrogens with zero attached hydrogens (tertiary/aromatic N) is 3. The number of hydrogen-bond donors (Lipinski definition) is 1. The first-order valence-corrected chi connectivity index (χ1v) is 7.14. The van der Waals surface area contributed by atoms with Crippen molar-refractivity contribution >= 4 is 22.1 Å².